The zero-order chi connectivity index (χ0) is 17.3. The van der Waals surface area contributed by atoms with Crippen LogP contribution in [0, 0.1) is 11.7 Å². The van der Waals surface area contributed by atoms with Crippen molar-refractivity contribution < 1.29 is 9.18 Å². The van der Waals surface area contributed by atoms with Crippen molar-refractivity contribution in [2.75, 3.05) is 5.84 Å². The molecular weight excluding hydrogens is 307 g/mol. The van der Waals surface area contributed by atoms with E-state index in [9.17, 15) is 9.18 Å². The summed E-state index contributed by atoms with van der Waals surface area (Å²) in [5.74, 6) is 5.37. The number of pyridine rings is 1. The summed E-state index contributed by atoms with van der Waals surface area (Å²) in [4.78, 5) is 17.8. The zero-order valence-corrected chi connectivity index (χ0v) is 13.4. The van der Waals surface area contributed by atoms with Crippen LogP contribution in [0.1, 0.15) is 24.3 Å². The second kappa shape index (κ2) is 6.23. The molecule has 2 aromatic heterocycles. The molecule has 0 saturated heterocycles. The van der Waals surface area contributed by atoms with Gasteiger partial charge in [0.1, 0.15) is 17.2 Å². The van der Waals surface area contributed by atoms with E-state index in [1.807, 2.05) is 13.8 Å². The first-order chi connectivity index (χ1) is 11.5. The van der Waals surface area contributed by atoms with Crippen LogP contribution in [0.25, 0.3) is 22.4 Å². The van der Waals surface area contributed by atoms with E-state index in [-0.39, 0.29) is 17.5 Å². The molecule has 3 rings (SSSR count). The molecule has 0 aliphatic heterocycles. The van der Waals surface area contributed by atoms with Crippen molar-refractivity contribution in [2.45, 2.75) is 13.8 Å². The van der Waals surface area contributed by atoms with E-state index in [0.29, 0.717) is 22.5 Å². The average molecular weight is 324 g/mol. The number of nitrogens with zero attached hydrogens (tertiary/aromatic N) is 3. The molecule has 0 fully saturated rings. The molecule has 0 atom stereocenters. The third-order valence-corrected chi connectivity index (χ3v) is 3.75. The van der Waals surface area contributed by atoms with Crippen LogP contribution in [0.15, 0.2) is 48.8 Å². The number of nitrogens with two attached hydrogens (primary N) is 1. The maximum atomic E-state index is 13.2. The fourth-order valence-electron chi connectivity index (χ4n) is 2.56. The molecule has 0 amide bonds. The molecule has 5 nitrogen and oxygen atoms in total. The molecule has 3 aromatic rings. The van der Waals surface area contributed by atoms with E-state index in [4.69, 9.17) is 5.84 Å². The van der Waals surface area contributed by atoms with Crippen LogP contribution in [-0.4, -0.2) is 20.7 Å². The van der Waals surface area contributed by atoms with Gasteiger partial charge in [0.15, 0.2) is 5.78 Å². The first-order valence-corrected chi connectivity index (χ1v) is 7.57. The lowest BCUT2D eigenvalue weighted by molar-refractivity contribution is 0.0934. The molecule has 0 spiro atoms. The minimum atomic E-state index is -0.342. The Labute approximate surface area is 138 Å². The van der Waals surface area contributed by atoms with Crippen LogP contribution in [0.2, 0.25) is 0 Å². The third-order valence-electron chi connectivity index (χ3n) is 3.75. The Morgan fingerprint density at radius 3 is 2.29 bits per heavy atom. The summed E-state index contributed by atoms with van der Waals surface area (Å²) in [6.45, 7) is 3.62. The van der Waals surface area contributed by atoms with Crippen molar-refractivity contribution in [3.05, 3.63) is 60.3 Å². The first-order valence-electron chi connectivity index (χ1n) is 7.57. The standard InChI is InChI=1S/C18H17FN4O/c1-11(2)18(24)16-15(12-7-9-21-10-8-12)17(23(20)22-16)13-3-5-14(19)6-4-13/h3-11H,20H2,1-2H3. The van der Waals surface area contributed by atoms with Gasteiger partial charge >= 0.3 is 0 Å². The smallest absolute Gasteiger partial charge is 0.186 e. The highest BCUT2D eigenvalue weighted by Crippen LogP contribution is 2.35. The minimum Gasteiger partial charge on any atom is -0.323 e. The van der Waals surface area contributed by atoms with E-state index in [0.717, 1.165) is 5.56 Å². The molecule has 1 aromatic carbocycles. The predicted octanol–water partition coefficient (Wildman–Crippen LogP) is 3.30. The monoisotopic (exact) mass is 324 g/mol. The Hall–Kier alpha value is -3.02. The largest absolute Gasteiger partial charge is 0.323 e. The highest BCUT2D eigenvalue weighted by atomic mass is 19.1. The summed E-state index contributed by atoms with van der Waals surface area (Å²) < 4.78 is 13.2. The second-order valence-corrected chi connectivity index (χ2v) is 5.78. The zero-order valence-electron chi connectivity index (χ0n) is 13.4. The molecular formula is C18H17FN4O. The molecule has 0 aliphatic rings. The van der Waals surface area contributed by atoms with Crippen molar-refractivity contribution in [2.24, 2.45) is 5.92 Å². The van der Waals surface area contributed by atoms with Crippen molar-refractivity contribution >= 4 is 5.78 Å². The summed E-state index contributed by atoms with van der Waals surface area (Å²) in [6, 6.07) is 9.52. The van der Waals surface area contributed by atoms with E-state index in [1.54, 1.807) is 36.7 Å². The van der Waals surface area contributed by atoms with Crippen LogP contribution in [0.3, 0.4) is 0 Å². The van der Waals surface area contributed by atoms with Crippen LogP contribution in [0.4, 0.5) is 4.39 Å². The Balaban J connectivity index is 2.29. The van der Waals surface area contributed by atoms with Gasteiger partial charge in [-0.1, -0.05) is 13.8 Å². The summed E-state index contributed by atoms with van der Waals surface area (Å²) in [5.41, 5.74) is 2.96. The number of carbonyl (C=O) groups excluding carboxylic acids is 1. The number of hydrogen-bond acceptors (Lipinski definition) is 4. The molecule has 0 radical (unpaired) electrons. The summed E-state index contributed by atoms with van der Waals surface area (Å²) in [7, 11) is 0. The van der Waals surface area contributed by atoms with Gasteiger partial charge in [0.2, 0.25) is 0 Å². The molecule has 0 unspecified atom stereocenters. The Morgan fingerprint density at radius 1 is 1.08 bits per heavy atom. The average Bonchev–Trinajstić information content (AvgIpc) is 2.93. The number of hydrogen-bond donors (Lipinski definition) is 1. The van der Waals surface area contributed by atoms with Gasteiger partial charge in [0, 0.05) is 29.4 Å². The maximum Gasteiger partial charge on any atom is 0.186 e. The first kappa shape index (κ1) is 15.9. The predicted molar refractivity (Wildman–Crippen MR) is 90.2 cm³/mol. The quantitative estimate of drug-likeness (QED) is 0.590. The number of ketones is 1. The molecule has 6 heteroatoms. The topological polar surface area (TPSA) is 73.8 Å². The van der Waals surface area contributed by atoms with Gasteiger partial charge in [-0.15, -0.1) is 5.10 Å². The fourth-order valence-corrected chi connectivity index (χ4v) is 2.56. The number of nitrogen functional groups attached to an aromatic ring is 1. The normalized spacial score (nSPS) is 11.0. The van der Waals surface area contributed by atoms with Gasteiger partial charge in [0.05, 0.1) is 0 Å². The Bertz CT molecular complexity index is 870. The van der Waals surface area contributed by atoms with Gasteiger partial charge in [-0.25, -0.2) is 4.39 Å². The van der Waals surface area contributed by atoms with Crippen LogP contribution in [0.5, 0.6) is 0 Å². The molecule has 24 heavy (non-hydrogen) atoms. The SMILES string of the molecule is CC(C)C(=O)c1nn(N)c(-c2ccc(F)cc2)c1-c1ccncc1. The minimum absolute atomic E-state index is 0.102. The van der Waals surface area contributed by atoms with Gasteiger partial charge in [-0.3, -0.25) is 9.78 Å². The highest BCUT2D eigenvalue weighted by Gasteiger charge is 2.26. The number of carbonyl (C=O) groups is 1. The second-order valence-electron chi connectivity index (χ2n) is 5.78. The van der Waals surface area contributed by atoms with E-state index >= 15 is 0 Å². The summed E-state index contributed by atoms with van der Waals surface area (Å²) >= 11 is 0. The Kier molecular flexibility index (Phi) is 4.12. The number of benzene rings is 1. The summed E-state index contributed by atoms with van der Waals surface area (Å²) in [6.07, 6.45) is 3.28. The Morgan fingerprint density at radius 2 is 1.71 bits per heavy atom. The van der Waals surface area contributed by atoms with E-state index < -0.39 is 0 Å². The van der Waals surface area contributed by atoms with Crippen molar-refractivity contribution in [3.63, 3.8) is 0 Å². The molecule has 0 bridgehead atoms. The van der Waals surface area contributed by atoms with Gasteiger partial charge in [-0.2, -0.15) is 4.79 Å². The highest BCUT2D eigenvalue weighted by molar-refractivity contribution is 6.04. The van der Waals surface area contributed by atoms with Crippen LogP contribution in [-0.2, 0) is 0 Å². The van der Waals surface area contributed by atoms with E-state index in [1.165, 1.54) is 16.9 Å². The number of halogens is 1. The van der Waals surface area contributed by atoms with Gasteiger partial charge in [-0.05, 0) is 42.0 Å². The van der Waals surface area contributed by atoms with Crippen molar-refractivity contribution in [1.82, 2.24) is 14.9 Å². The maximum absolute atomic E-state index is 13.2. The fraction of sp³-hybridized carbons (Fsp3) is 0.167. The number of aromatic nitrogens is 3. The molecule has 0 saturated carbocycles. The van der Waals surface area contributed by atoms with Crippen molar-refractivity contribution in [1.29, 1.82) is 0 Å². The molecule has 122 valence electrons. The van der Waals surface area contributed by atoms with E-state index in [2.05, 4.69) is 10.1 Å². The molecule has 2 N–H and O–H groups in total. The molecule has 0 aliphatic carbocycles. The lowest BCUT2D eigenvalue weighted by Crippen LogP contribution is -2.14. The lowest BCUT2D eigenvalue weighted by Gasteiger charge is -2.08. The van der Waals surface area contributed by atoms with Crippen molar-refractivity contribution in [3.8, 4) is 22.4 Å². The van der Waals surface area contributed by atoms with Gasteiger partial charge < -0.3 is 5.84 Å². The number of Topliss-reactive ketones (excluding diaryl/α,β-unsaturated/α-hetero) is 1. The third kappa shape index (κ3) is 2.78. The van der Waals surface area contributed by atoms with Crippen LogP contribution < -0.4 is 5.84 Å². The lowest BCUT2D eigenvalue weighted by atomic mass is 9.95. The molecule has 2 heterocycles. The van der Waals surface area contributed by atoms with Gasteiger partial charge in [0.25, 0.3) is 0 Å². The summed E-state index contributed by atoms with van der Waals surface area (Å²) in [5, 5.41) is 4.24. The van der Waals surface area contributed by atoms with Crippen LogP contribution >= 0.6 is 0 Å². The number of rotatable bonds is 4.